The van der Waals surface area contributed by atoms with E-state index in [1.807, 2.05) is 0 Å². The number of hydrogen-bond acceptors (Lipinski definition) is 1. The molecule has 3 aromatic rings. The molecule has 0 fully saturated rings. The molecule has 0 spiro atoms. The zero-order valence-electron chi connectivity index (χ0n) is 13.2. The third-order valence-corrected chi connectivity index (χ3v) is 4.71. The van der Waals surface area contributed by atoms with E-state index in [1.54, 1.807) is 0 Å². The molecular formula is C22H21N. The van der Waals surface area contributed by atoms with Gasteiger partial charge in [-0.15, -0.1) is 0 Å². The molecular weight excluding hydrogens is 278 g/mol. The van der Waals surface area contributed by atoms with Crippen LogP contribution in [0.5, 0.6) is 0 Å². The van der Waals surface area contributed by atoms with Crippen molar-refractivity contribution in [3.63, 3.8) is 0 Å². The van der Waals surface area contributed by atoms with Gasteiger partial charge in [0.25, 0.3) is 0 Å². The van der Waals surface area contributed by atoms with Crippen molar-refractivity contribution in [2.75, 3.05) is 4.90 Å². The van der Waals surface area contributed by atoms with E-state index < -0.39 is 0 Å². The minimum Gasteiger partial charge on any atom is -0.338 e. The van der Waals surface area contributed by atoms with E-state index in [4.69, 9.17) is 0 Å². The topological polar surface area (TPSA) is 3.24 Å². The molecule has 0 bridgehead atoms. The van der Waals surface area contributed by atoms with Gasteiger partial charge in [-0.3, -0.25) is 0 Å². The molecule has 23 heavy (non-hydrogen) atoms. The minimum atomic E-state index is 0.509. The fourth-order valence-corrected chi connectivity index (χ4v) is 3.62. The average molecular weight is 299 g/mol. The summed E-state index contributed by atoms with van der Waals surface area (Å²) in [6.07, 6.45) is 3.45. The highest BCUT2D eigenvalue weighted by molar-refractivity contribution is 5.69. The second kappa shape index (κ2) is 6.29. The van der Waals surface area contributed by atoms with Gasteiger partial charge in [-0.25, -0.2) is 0 Å². The number of nitrogens with zero attached hydrogens (tertiary/aromatic N) is 1. The van der Waals surface area contributed by atoms with Crippen molar-refractivity contribution in [2.45, 2.75) is 25.3 Å². The van der Waals surface area contributed by atoms with E-state index in [-0.39, 0.29) is 0 Å². The van der Waals surface area contributed by atoms with Crippen LogP contribution in [0.25, 0.3) is 0 Å². The molecule has 1 nitrogen and oxygen atoms in total. The number of aryl methyl sites for hydroxylation is 1. The smallest absolute Gasteiger partial charge is 0.0446 e. The van der Waals surface area contributed by atoms with Gasteiger partial charge in [-0.05, 0) is 48.6 Å². The summed E-state index contributed by atoms with van der Waals surface area (Å²) in [7, 11) is 0. The van der Waals surface area contributed by atoms with Gasteiger partial charge >= 0.3 is 0 Å². The van der Waals surface area contributed by atoms with Crippen LogP contribution in [0.3, 0.4) is 0 Å². The Balaban J connectivity index is 1.74. The van der Waals surface area contributed by atoms with Crippen LogP contribution >= 0.6 is 0 Å². The van der Waals surface area contributed by atoms with E-state index in [2.05, 4.69) is 89.8 Å². The monoisotopic (exact) mass is 299 g/mol. The highest BCUT2D eigenvalue weighted by atomic mass is 15.2. The predicted molar refractivity (Wildman–Crippen MR) is 97.3 cm³/mol. The maximum Gasteiger partial charge on any atom is 0.0446 e. The van der Waals surface area contributed by atoms with Gasteiger partial charge < -0.3 is 4.90 Å². The van der Waals surface area contributed by atoms with Crippen LogP contribution in [0, 0.1) is 0 Å². The summed E-state index contributed by atoms with van der Waals surface area (Å²) in [5.41, 5.74) is 5.53. The van der Waals surface area contributed by atoms with Crippen LogP contribution in [0.4, 0.5) is 11.4 Å². The van der Waals surface area contributed by atoms with Crippen LogP contribution in [0.2, 0.25) is 0 Å². The van der Waals surface area contributed by atoms with Gasteiger partial charge in [0.15, 0.2) is 0 Å². The summed E-state index contributed by atoms with van der Waals surface area (Å²) < 4.78 is 0. The van der Waals surface area contributed by atoms with Gasteiger partial charge in [0.2, 0.25) is 0 Å². The summed E-state index contributed by atoms with van der Waals surface area (Å²) in [5.74, 6) is 0. The first kappa shape index (κ1) is 14.1. The van der Waals surface area contributed by atoms with E-state index >= 15 is 0 Å². The molecule has 0 aromatic heterocycles. The first-order valence-corrected chi connectivity index (χ1v) is 8.38. The second-order valence-corrected chi connectivity index (χ2v) is 6.22. The Morgan fingerprint density at radius 2 is 1.39 bits per heavy atom. The molecule has 0 saturated heterocycles. The Hall–Kier alpha value is -2.54. The molecule has 0 amide bonds. The largest absolute Gasteiger partial charge is 0.338 e. The molecule has 0 saturated carbocycles. The fourth-order valence-electron chi connectivity index (χ4n) is 3.62. The Labute approximate surface area is 138 Å². The van der Waals surface area contributed by atoms with Crippen LogP contribution < -0.4 is 4.90 Å². The number of anilines is 2. The highest BCUT2D eigenvalue weighted by Crippen LogP contribution is 2.37. The van der Waals surface area contributed by atoms with Crippen LogP contribution in [0.15, 0.2) is 84.9 Å². The van der Waals surface area contributed by atoms with Gasteiger partial charge in [-0.1, -0.05) is 66.7 Å². The van der Waals surface area contributed by atoms with Crippen LogP contribution in [0.1, 0.15) is 17.5 Å². The molecule has 0 N–H and O–H groups in total. The first-order valence-electron chi connectivity index (χ1n) is 8.38. The lowest BCUT2D eigenvalue weighted by Crippen LogP contribution is -2.37. The van der Waals surface area contributed by atoms with Crippen molar-refractivity contribution in [3.8, 4) is 0 Å². The first-order chi connectivity index (χ1) is 11.4. The molecule has 114 valence electrons. The quantitative estimate of drug-likeness (QED) is 0.627. The summed E-state index contributed by atoms with van der Waals surface area (Å²) in [6, 6.07) is 31.0. The summed E-state index contributed by atoms with van der Waals surface area (Å²) in [5, 5.41) is 0. The normalized spacial score (nSPS) is 16.9. The zero-order chi connectivity index (χ0) is 15.5. The van der Waals surface area contributed by atoms with Crippen molar-refractivity contribution in [2.24, 2.45) is 0 Å². The van der Waals surface area contributed by atoms with Crippen molar-refractivity contribution in [1.29, 1.82) is 0 Å². The lowest BCUT2D eigenvalue weighted by Gasteiger charge is -2.39. The highest BCUT2D eigenvalue weighted by Gasteiger charge is 2.27. The zero-order valence-corrected chi connectivity index (χ0v) is 13.2. The van der Waals surface area contributed by atoms with Gasteiger partial charge in [0.1, 0.15) is 0 Å². The van der Waals surface area contributed by atoms with E-state index in [9.17, 15) is 0 Å². The molecule has 3 aromatic carbocycles. The number of benzene rings is 3. The Kier molecular flexibility index (Phi) is 3.85. The van der Waals surface area contributed by atoms with E-state index in [0.717, 1.165) is 12.8 Å². The lowest BCUT2D eigenvalue weighted by molar-refractivity contribution is 0.571. The lowest BCUT2D eigenvalue weighted by atomic mass is 9.91. The number of hydrogen-bond donors (Lipinski definition) is 0. The number of fused-ring (bicyclic) bond motifs is 1. The molecule has 0 radical (unpaired) electrons. The van der Waals surface area contributed by atoms with Crippen molar-refractivity contribution in [3.05, 3.63) is 96.1 Å². The summed E-state index contributed by atoms with van der Waals surface area (Å²) in [6.45, 7) is 0. The molecule has 0 aliphatic carbocycles. The maximum absolute atomic E-state index is 2.53. The van der Waals surface area contributed by atoms with E-state index in [0.29, 0.717) is 6.04 Å². The number of para-hydroxylation sites is 2. The SMILES string of the molecule is c1ccc(CC2CCc3ccccc3N2c2ccccc2)cc1. The minimum absolute atomic E-state index is 0.509. The molecule has 1 heterocycles. The third-order valence-electron chi connectivity index (χ3n) is 4.71. The Morgan fingerprint density at radius 1 is 0.739 bits per heavy atom. The molecule has 4 rings (SSSR count). The Morgan fingerprint density at radius 3 is 2.17 bits per heavy atom. The molecule has 1 aliphatic rings. The maximum atomic E-state index is 2.53. The van der Waals surface area contributed by atoms with Crippen molar-refractivity contribution < 1.29 is 0 Å². The Bertz CT molecular complexity index is 764. The van der Waals surface area contributed by atoms with Crippen LogP contribution in [-0.2, 0) is 12.8 Å². The second-order valence-electron chi connectivity index (χ2n) is 6.22. The molecule has 1 atom stereocenters. The third kappa shape index (κ3) is 2.87. The standard InChI is InChI=1S/C22H21N/c1-3-9-18(10-4-1)17-21-16-15-19-11-7-8-14-22(19)23(21)20-12-5-2-6-13-20/h1-14,21H,15-17H2. The van der Waals surface area contributed by atoms with Crippen molar-refractivity contribution in [1.82, 2.24) is 0 Å². The number of rotatable bonds is 3. The van der Waals surface area contributed by atoms with Crippen molar-refractivity contribution >= 4 is 11.4 Å². The van der Waals surface area contributed by atoms with Gasteiger partial charge in [-0.2, -0.15) is 0 Å². The van der Waals surface area contributed by atoms with Gasteiger partial charge in [0, 0.05) is 17.4 Å². The average Bonchev–Trinajstić information content (AvgIpc) is 2.63. The molecule has 1 heteroatoms. The summed E-state index contributed by atoms with van der Waals surface area (Å²) in [4.78, 5) is 2.53. The molecule has 1 aliphatic heterocycles. The van der Waals surface area contributed by atoms with Crippen LogP contribution in [-0.4, -0.2) is 6.04 Å². The van der Waals surface area contributed by atoms with Gasteiger partial charge in [0.05, 0.1) is 0 Å². The van der Waals surface area contributed by atoms with E-state index in [1.165, 1.54) is 28.9 Å². The fraction of sp³-hybridized carbons (Fsp3) is 0.182. The molecule has 1 unspecified atom stereocenters. The predicted octanol–water partition coefficient (Wildman–Crippen LogP) is 5.38. The summed E-state index contributed by atoms with van der Waals surface area (Å²) >= 11 is 0.